The summed E-state index contributed by atoms with van der Waals surface area (Å²) in [4.78, 5) is 16.3. The van der Waals surface area contributed by atoms with Gasteiger partial charge in [0.25, 0.3) is 0 Å². The minimum atomic E-state index is -0.322. The van der Waals surface area contributed by atoms with Gasteiger partial charge in [0.2, 0.25) is 11.8 Å². The fraction of sp³-hybridized carbons (Fsp3) is 0.412. The molecule has 1 aromatic carbocycles. The summed E-state index contributed by atoms with van der Waals surface area (Å²) in [6.45, 7) is 0. The lowest BCUT2D eigenvalue weighted by molar-refractivity contribution is -0.121. The van der Waals surface area contributed by atoms with Crippen LogP contribution < -0.4 is 5.32 Å². The Morgan fingerprint density at radius 1 is 1.26 bits per heavy atom. The fourth-order valence-corrected chi connectivity index (χ4v) is 2.78. The van der Waals surface area contributed by atoms with E-state index in [0.29, 0.717) is 17.1 Å². The third kappa shape index (κ3) is 4.16. The van der Waals surface area contributed by atoms with Crippen molar-refractivity contribution < 1.29 is 18.7 Å². The SMILES string of the molecule is O=C(Cc1coc(-c2ccc(F)cc2)n1)NC1CCC(O)CC1. The highest BCUT2D eigenvalue weighted by atomic mass is 19.1. The van der Waals surface area contributed by atoms with E-state index in [1.807, 2.05) is 0 Å². The number of oxazole rings is 1. The maximum Gasteiger partial charge on any atom is 0.226 e. The van der Waals surface area contributed by atoms with Crippen LogP contribution in [0.2, 0.25) is 0 Å². The van der Waals surface area contributed by atoms with Crippen molar-refractivity contribution in [3.8, 4) is 11.5 Å². The number of aromatic nitrogens is 1. The van der Waals surface area contributed by atoms with Crippen LogP contribution in [0.3, 0.4) is 0 Å². The molecule has 122 valence electrons. The zero-order valence-corrected chi connectivity index (χ0v) is 12.7. The zero-order chi connectivity index (χ0) is 16.2. The Morgan fingerprint density at radius 3 is 2.65 bits per heavy atom. The number of carbonyl (C=O) groups excluding carboxylic acids is 1. The second kappa shape index (κ2) is 6.91. The molecule has 0 bridgehead atoms. The van der Waals surface area contributed by atoms with Crippen molar-refractivity contribution in [2.24, 2.45) is 0 Å². The first-order valence-electron chi connectivity index (χ1n) is 7.78. The summed E-state index contributed by atoms with van der Waals surface area (Å²) < 4.78 is 18.3. The van der Waals surface area contributed by atoms with Crippen molar-refractivity contribution >= 4 is 5.91 Å². The lowest BCUT2D eigenvalue weighted by atomic mass is 9.93. The number of amides is 1. The molecule has 0 aliphatic heterocycles. The molecule has 3 rings (SSSR count). The Labute approximate surface area is 133 Å². The van der Waals surface area contributed by atoms with Gasteiger partial charge in [-0.2, -0.15) is 0 Å². The van der Waals surface area contributed by atoms with Crippen LogP contribution in [-0.4, -0.2) is 28.1 Å². The van der Waals surface area contributed by atoms with Gasteiger partial charge in [0.1, 0.15) is 12.1 Å². The Morgan fingerprint density at radius 2 is 1.96 bits per heavy atom. The monoisotopic (exact) mass is 318 g/mol. The quantitative estimate of drug-likeness (QED) is 0.908. The van der Waals surface area contributed by atoms with E-state index in [2.05, 4.69) is 10.3 Å². The summed E-state index contributed by atoms with van der Waals surface area (Å²) in [5, 5.41) is 12.4. The van der Waals surface area contributed by atoms with E-state index >= 15 is 0 Å². The van der Waals surface area contributed by atoms with Crippen molar-refractivity contribution in [1.82, 2.24) is 10.3 Å². The molecule has 1 aliphatic carbocycles. The van der Waals surface area contributed by atoms with Crippen LogP contribution in [-0.2, 0) is 11.2 Å². The first kappa shape index (κ1) is 15.7. The lowest BCUT2D eigenvalue weighted by Crippen LogP contribution is -2.39. The highest BCUT2D eigenvalue weighted by Crippen LogP contribution is 2.20. The number of carbonyl (C=O) groups is 1. The van der Waals surface area contributed by atoms with Crippen molar-refractivity contribution in [2.45, 2.75) is 44.2 Å². The second-order valence-corrected chi connectivity index (χ2v) is 5.90. The maximum atomic E-state index is 12.9. The molecule has 0 unspecified atom stereocenters. The van der Waals surface area contributed by atoms with Crippen LogP contribution >= 0.6 is 0 Å². The van der Waals surface area contributed by atoms with Crippen LogP contribution in [0.25, 0.3) is 11.5 Å². The molecule has 1 saturated carbocycles. The number of aliphatic hydroxyl groups excluding tert-OH is 1. The molecular formula is C17H19FN2O3. The van der Waals surface area contributed by atoms with Crippen molar-refractivity contribution in [1.29, 1.82) is 0 Å². The van der Waals surface area contributed by atoms with Crippen molar-refractivity contribution in [3.05, 3.63) is 42.0 Å². The summed E-state index contributed by atoms with van der Waals surface area (Å²) in [6.07, 6.45) is 4.40. The molecule has 0 spiro atoms. The van der Waals surface area contributed by atoms with Gasteiger partial charge in [-0.05, 0) is 49.9 Å². The molecule has 1 heterocycles. The number of nitrogens with one attached hydrogen (secondary N) is 1. The predicted molar refractivity (Wildman–Crippen MR) is 82.0 cm³/mol. The minimum Gasteiger partial charge on any atom is -0.444 e. The van der Waals surface area contributed by atoms with Gasteiger partial charge in [-0.25, -0.2) is 9.37 Å². The summed E-state index contributed by atoms with van der Waals surface area (Å²) in [6, 6.07) is 5.96. The van der Waals surface area contributed by atoms with E-state index in [1.165, 1.54) is 18.4 Å². The minimum absolute atomic E-state index is 0.106. The highest BCUT2D eigenvalue weighted by molar-refractivity contribution is 5.78. The first-order valence-corrected chi connectivity index (χ1v) is 7.78. The van der Waals surface area contributed by atoms with Gasteiger partial charge in [-0.3, -0.25) is 4.79 Å². The van der Waals surface area contributed by atoms with Crippen LogP contribution in [0.15, 0.2) is 34.9 Å². The molecule has 2 N–H and O–H groups in total. The molecule has 0 atom stereocenters. The van der Waals surface area contributed by atoms with Gasteiger partial charge in [0.15, 0.2) is 0 Å². The molecule has 2 aromatic rings. The number of halogens is 1. The Balaban J connectivity index is 1.56. The molecule has 1 aliphatic rings. The third-order valence-corrected chi connectivity index (χ3v) is 4.05. The summed E-state index contributed by atoms with van der Waals surface area (Å²) in [7, 11) is 0. The Kier molecular flexibility index (Phi) is 4.71. The number of hydrogen-bond donors (Lipinski definition) is 2. The van der Waals surface area contributed by atoms with Crippen molar-refractivity contribution in [3.63, 3.8) is 0 Å². The van der Waals surface area contributed by atoms with Gasteiger partial charge in [0.05, 0.1) is 18.2 Å². The Bertz CT molecular complexity index is 661. The average molecular weight is 318 g/mol. The van der Waals surface area contributed by atoms with E-state index in [9.17, 15) is 14.3 Å². The summed E-state index contributed by atoms with van der Waals surface area (Å²) in [5.74, 6) is -0.0588. The largest absolute Gasteiger partial charge is 0.444 e. The Hall–Kier alpha value is -2.21. The van der Waals surface area contributed by atoms with Crippen LogP contribution in [0.1, 0.15) is 31.4 Å². The van der Waals surface area contributed by atoms with Gasteiger partial charge in [-0.1, -0.05) is 0 Å². The molecule has 23 heavy (non-hydrogen) atoms. The highest BCUT2D eigenvalue weighted by Gasteiger charge is 2.21. The molecule has 6 heteroatoms. The van der Waals surface area contributed by atoms with E-state index < -0.39 is 0 Å². The normalized spacial score (nSPS) is 21.1. The third-order valence-electron chi connectivity index (χ3n) is 4.05. The second-order valence-electron chi connectivity index (χ2n) is 5.90. The van der Waals surface area contributed by atoms with Crippen LogP contribution in [0, 0.1) is 5.82 Å². The zero-order valence-electron chi connectivity index (χ0n) is 12.7. The van der Waals surface area contributed by atoms with Gasteiger partial charge >= 0.3 is 0 Å². The molecule has 5 nitrogen and oxygen atoms in total. The van der Waals surface area contributed by atoms with E-state index in [0.717, 1.165) is 25.7 Å². The molecule has 1 aromatic heterocycles. The van der Waals surface area contributed by atoms with Crippen LogP contribution in [0.5, 0.6) is 0 Å². The number of rotatable bonds is 4. The number of hydrogen-bond acceptors (Lipinski definition) is 4. The van der Waals surface area contributed by atoms with E-state index in [4.69, 9.17) is 4.42 Å². The predicted octanol–water partition coefficient (Wildman–Crippen LogP) is 2.44. The molecular weight excluding hydrogens is 299 g/mol. The van der Waals surface area contributed by atoms with Gasteiger partial charge in [-0.15, -0.1) is 0 Å². The molecule has 1 fully saturated rings. The molecule has 0 saturated heterocycles. The summed E-state index contributed by atoms with van der Waals surface area (Å²) >= 11 is 0. The lowest BCUT2D eigenvalue weighted by Gasteiger charge is -2.26. The average Bonchev–Trinajstić information content (AvgIpc) is 2.98. The maximum absolute atomic E-state index is 12.9. The van der Waals surface area contributed by atoms with E-state index in [1.54, 1.807) is 12.1 Å². The number of nitrogens with zero attached hydrogens (tertiary/aromatic N) is 1. The standard InChI is InChI=1S/C17H19FN2O3/c18-12-3-1-11(2-4-12)17-20-14(10-23-17)9-16(22)19-13-5-7-15(21)8-6-13/h1-4,10,13,15,21H,5-9H2,(H,19,22). The smallest absolute Gasteiger partial charge is 0.226 e. The number of benzene rings is 1. The van der Waals surface area contributed by atoms with E-state index in [-0.39, 0.29) is 30.3 Å². The molecule has 1 amide bonds. The topological polar surface area (TPSA) is 75.4 Å². The van der Waals surface area contributed by atoms with Gasteiger partial charge in [0, 0.05) is 11.6 Å². The molecule has 0 radical (unpaired) electrons. The first-order chi connectivity index (χ1) is 11.1. The summed E-state index contributed by atoms with van der Waals surface area (Å²) in [5.41, 5.74) is 1.21. The fourth-order valence-electron chi connectivity index (χ4n) is 2.78. The number of aliphatic hydroxyl groups is 1. The van der Waals surface area contributed by atoms with Crippen LogP contribution in [0.4, 0.5) is 4.39 Å². The van der Waals surface area contributed by atoms with Gasteiger partial charge < -0.3 is 14.8 Å². The van der Waals surface area contributed by atoms with Crippen molar-refractivity contribution in [2.75, 3.05) is 0 Å².